The summed E-state index contributed by atoms with van der Waals surface area (Å²) in [6.07, 6.45) is 0. The summed E-state index contributed by atoms with van der Waals surface area (Å²) in [5.74, 6) is 3.41. The standard InChI is InChI=1S/C31H18N2O2/c1-17-9-8-11-19-26-28-25(18-10-2-3-12-20(18)33(28)27(17)19)30-29-31(26)35-24-16-7-5-14-22(24)32(29)21-13-4-6-15-23(21)34-30/h2-16H,1H3. The Labute approximate surface area is 200 Å². The Morgan fingerprint density at radius 2 is 1.17 bits per heavy atom. The first kappa shape index (κ1) is 17.7. The first-order valence-electron chi connectivity index (χ1n) is 11.9. The van der Waals surface area contributed by atoms with E-state index in [-0.39, 0.29) is 0 Å². The van der Waals surface area contributed by atoms with E-state index in [1.807, 2.05) is 18.2 Å². The number of fused-ring (bicyclic) bond motifs is 12. The third-order valence-corrected chi connectivity index (χ3v) is 7.59. The summed E-state index contributed by atoms with van der Waals surface area (Å²) in [6.45, 7) is 2.19. The van der Waals surface area contributed by atoms with Crippen LogP contribution < -0.4 is 14.4 Å². The topological polar surface area (TPSA) is 26.1 Å². The van der Waals surface area contributed by atoms with Gasteiger partial charge in [-0.3, -0.25) is 4.90 Å². The second-order valence-electron chi connectivity index (χ2n) is 9.40. The molecule has 164 valence electrons. The molecule has 2 aromatic heterocycles. The number of hydrogen-bond acceptors (Lipinski definition) is 3. The number of benzene rings is 5. The second kappa shape index (κ2) is 5.86. The van der Waals surface area contributed by atoms with Gasteiger partial charge in [-0.2, -0.15) is 0 Å². The van der Waals surface area contributed by atoms with Crippen LogP contribution in [0.5, 0.6) is 23.0 Å². The van der Waals surface area contributed by atoms with Crippen molar-refractivity contribution in [1.29, 1.82) is 0 Å². The molecule has 7 aromatic rings. The van der Waals surface area contributed by atoms with E-state index >= 15 is 0 Å². The van der Waals surface area contributed by atoms with Gasteiger partial charge in [0.25, 0.3) is 0 Å². The number of aryl methyl sites for hydroxylation is 1. The third-order valence-electron chi connectivity index (χ3n) is 7.59. The summed E-state index contributed by atoms with van der Waals surface area (Å²) in [7, 11) is 0. The average Bonchev–Trinajstić information content (AvgIpc) is 3.42. The van der Waals surface area contributed by atoms with Crippen LogP contribution >= 0.6 is 0 Å². The average molecular weight is 450 g/mol. The van der Waals surface area contributed by atoms with Crippen LogP contribution in [0, 0.1) is 6.92 Å². The van der Waals surface area contributed by atoms with Crippen LogP contribution in [0.15, 0.2) is 91.0 Å². The van der Waals surface area contributed by atoms with Crippen LogP contribution in [0.1, 0.15) is 5.56 Å². The van der Waals surface area contributed by atoms with E-state index in [9.17, 15) is 0 Å². The van der Waals surface area contributed by atoms with Gasteiger partial charge in [0.1, 0.15) is 5.69 Å². The number of anilines is 3. The molecule has 2 aliphatic rings. The van der Waals surface area contributed by atoms with Crippen molar-refractivity contribution in [1.82, 2.24) is 4.40 Å². The first-order chi connectivity index (χ1) is 17.3. The molecule has 0 radical (unpaired) electrons. The number of nitrogens with zero attached hydrogens (tertiary/aromatic N) is 2. The van der Waals surface area contributed by atoms with E-state index < -0.39 is 0 Å². The van der Waals surface area contributed by atoms with E-state index in [4.69, 9.17) is 9.47 Å². The smallest absolute Gasteiger partial charge is 0.165 e. The fourth-order valence-corrected chi connectivity index (χ4v) is 6.24. The van der Waals surface area contributed by atoms with Crippen molar-refractivity contribution < 1.29 is 9.47 Å². The monoisotopic (exact) mass is 450 g/mol. The molecule has 0 saturated carbocycles. The lowest BCUT2D eigenvalue weighted by Crippen LogP contribution is -2.20. The van der Waals surface area contributed by atoms with Crippen LogP contribution in [0.25, 0.3) is 38.1 Å². The highest BCUT2D eigenvalue weighted by molar-refractivity contribution is 6.30. The van der Waals surface area contributed by atoms with Crippen molar-refractivity contribution in [3.8, 4) is 23.0 Å². The van der Waals surface area contributed by atoms with Gasteiger partial charge in [-0.05, 0) is 42.8 Å². The Balaban J connectivity index is 1.61. The van der Waals surface area contributed by atoms with Crippen molar-refractivity contribution in [2.24, 2.45) is 0 Å². The maximum absolute atomic E-state index is 6.76. The van der Waals surface area contributed by atoms with E-state index in [0.29, 0.717) is 0 Å². The van der Waals surface area contributed by atoms with Crippen molar-refractivity contribution >= 4 is 55.2 Å². The van der Waals surface area contributed by atoms with E-state index in [1.54, 1.807) is 0 Å². The van der Waals surface area contributed by atoms with Crippen molar-refractivity contribution in [3.05, 3.63) is 96.6 Å². The van der Waals surface area contributed by atoms with Crippen LogP contribution in [0.2, 0.25) is 0 Å². The lowest BCUT2D eigenvalue weighted by Gasteiger charge is -2.38. The lowest BCUT2D eigenvalue weighted by atomic mass is 9.99. The van der Waals surface area contributed by atoms with Gasteiger partial charge in [0, 0.05) is 10.8 Å². The Morgan fingerprint density at radius 3 is 1.91 bits per heavy atom. The molecule has 0 unspecified atom stereocenters. The fourth-order valence-electron chi connectivity index (χ4n) is 6.24. The SMILES string of the molecule is Cc1cccc2c3c4c5c(c6c7ccccc7n(c12)c63)Oc1ccccc1N5c1ccccc1O4. The minimum absolute atomic E-state index is 0.849. The zero-order valence-electron chi connectivity index (χ0n) is 18.9. The van der Waals surface area contributed by atoms with E-state index in [1.165, 1.54) is 27.4 Å². The van der Waals surface area contributed by atoms with Crippen LogP contribution in [-0.4, -0.2) is 4.40 Å². The summed E-state index contributed by atoms with van der Waals surface area (Å²) >= 11 is 0. The van der Waals surface area contributed by atoms with Crippen molar-refractivity contribution in [3.63, 3.8) is 0 Å². The summed E-state index contributed by atoms with van der Waals surface area (Å²) < 4.78 is 15.9. The molecule has 5 aromatic carbocycles. The molecule has 0 N–H and O–H groups in total. The molecule has 4 heteroatoms. The quantitative estimate of drug-likeness (QED) is 0.231. The highest BCUT2D eigenvalue weighted by Crippen LogP contribution is 2.65. The molecular weight excluding hydrogens is 432 g/mol. The van der Waals surface area contributed by atoms with Gasteiger partial charge in [0.15, 0.2) is 23.0 Å². The first-order valence-corrected chi connectivity index (χ1v) is 11.9. The predicted molar refractivity (Wildman–Crippen MR) is 141 cm³/mol. The Morgan fingerprint density at radius 1 is 0.571 bits per heavy atom. The number of aromatic nitrogens is 1. The third kappa shape index (κ3) is 1.93. The molecule has 2 aliphatic heterocycles. The molecule has 4 nitrogen and oxygen atoms in total. The Hall–Kier alpha value is -4.70. The number of ether oxygens (including phenoxy) is 2. The fraction of sp³-hybridized carbons (Fsp3) is 0.0323. The molecular formula is C31H18N2O2. The van der Waals surface area contributed by atoms with E-state index in [0.717, 1.165) is 56.3 Å². The maximum Gasteiger partial charge on any atom is 0.165 e. The molecule has 0 spiro atoms. The molecule has 35 heavy (non-hydrogen) atoms. The highest BCUT2D eigenvalue weighted by Gasteiger charge is 2.39. The van der Waals surface area contributed by atoms with Gasteiger partial charge in [0.2, 0.25) is 0 Å². The summed E-state index contributed by atoms with van der Waals surface area (Å²) in [4.78, 5) is 2.32. The van der Waals surface area contributed by atoms with Crippen molar-refractivity contribution in [2.45, 2.75) is 6.92 Å². The second-order valence-corrected chi connectivity index (χ2v) is 9.40. The molecule has 0 bridgehead atoms. The van der Waals surface area contributed by atoms with Gasteiger partial charge < -0.3 is 13.9 Å². The van der Waals surface area contributed by atoms with Crippen LogP contribution in [-0.2, 0) is 0 Å². The largest absolute Gasteiger partial charge is 0.452 e. The zero-order valence-corrected chi connectivity index (χ0v) is 18.9. The molecule has 0 fully saturated rings. The van der Waals surface area contributed by atoms with Gasteiger partial charge >= 0.3 is 0 Å². The molecule has 9 rings (SSSR count). The molecule has 4 heterocycles. The number of hydrogen-bond donors (Lipinski definition) is 0. The lowest BCUT2D eigenvalue weighted by molar-refractivity contribution is 0.453. The Kier molecular flexibility index (Phi) is 2.97. The summed E-state index contributed by atoms with van der Waals surface area (Å²) in [6, 6.07) is 31.7. The van der Waals surface area contributed by atoms with Crippen LogP contribution in [0.4, 0.5) is 17.1 Å². The predicted octanol–water partition coefficient (Wildman–Crippen LogP) is 8.83. The molecule has 0 atom stereocenters. The molecule has 0 amide bonds. The van der Waals surface area contributed by atoms with Gasteiger partial charge in [-0.25, -0.2) is 0 Å². The summed E-state index contributed by atoms with van der Waals surface area (Å²) in [5, 5.41) is 4.66. The summed E-state index contributed by atoms with van der Waals surface area (Å²) in [5.41, 5.74) is 7.82. The van der Waals surface area contributed by atoms with E-state index in [2.05, 4.69) is 89.0 Å². The number of rotatable bonds is 0. The normalized spacial score (nSPS) is 13.7. The highest BCUT2D eigenvalue weighted by atomic mass is 16.5. The maximum atomic E-state index is 6.76. The van der Waals surface area contributed by atoms with Gasteiger partial charge in [0.05, 0.1) is 38.7 Å². The van der Waals surface area contributed by atoms with Gasteiger partial charge in [-0.1, -0.05) is 60.7 Å². The zero-order chi connectivity index (χ0) is 22.8. The van der Waals surface area contributed by atoms with Crippen LogP contribution in [0.3, 0.4) is 0 Å². The Bertz CT molecular complexity index is 2020. The van der Waals surface area contributed by atoms with Gasteiger partial charge in [-0.15, -0.1) is 0 Å². The van der Waals surface area contributed by atoms with Crippen molar-refractivity contribution in [2.75, 3.05) is 4.90 Å². The minimum Gasteiger partial charge on any atom is -0.452 e. The molecule has 0 saturated heterocycles. The molecule has 0 aliphatic carbocycles. The number of para-hydroxylation sites is 6. The minimum atomic E-state index is 0.849.